The number of hydrogen-bond donors (Lipinski definition) is 3. The fraction of sp³-hybridized carbons (Fsp3) is 0.474. The number of para-hydroxylation sites is 2. The van der Waals surface area contributed by atoms with Gasteiger partial charge in [-0.15, -0.1) is 0 Å². The second-order valence-corrected chi connectivity index (χ2v) is 6.08. The number of methoxy groups -OCH3 is 1. The minimum Gasteiger partial charge on any atom is -0.489 e. The lowest BCUT2D eigenvalue weighted by Crippen LogP contribution is -2.38. The molecule has 7 heteroatoms. The molecule has 142 valence electrons. The number of carbonyl (C=O) groups excluding carboxylic acids is 2. The number of anilines is 1. The zero-order chi connectivity index (χ0) is 18.8. The second-order valence-electron chi connectivity index (χ2n) is 6.08. The van der Waals surface area contributed by atoms with Crippen molar-refractivity contribution in [2.75, 3.05) is 25.6 Å². The standard InChI is InChI=1S/C19H26N2O5/c1-25-18(23)13-16(19(24)20-14-7-3-2-4-8-14)21-15-9-5-6-10-17(15)26-12-11-22/h5-6,9-10,13-14,21-22H,2-4,7-8,11-12H2,1H3,(H,20,24). The topological polar surface area (TPSA) is 96.9 Å². The zero-order valence-electron chi connectivity index (χ0n) is 15.0. The SMILES string of the molecule is COC(=O)C=C(Nc1ccccc1OCCO)C(=O)NC1CCCCC1. The van der Waals surface area contributed by atoms with Crippen molar-refractivity contribution in [3.05, 3.63) is 36.0 Å². The van der Waals surface area contributed by atoms with Crippen LogP contribution >= 0.6 is 0 Å². The molecule has 0 unspecified atom stereocenters. The minimum absolute atomic E-state index is 0.0856. The average molecular weight is 362 g/mol. The summed E-state index contributed by atoms with van der Waals surface area (Å²) in [5.41, 5.74) is 0.609. The number of nitrogens with one attached hydrogen (secondary N) is 2. The number of carbonyl (C=O) groups is 2. The number of amides is 1. The lowest BCUT2D eigenvalue weighted by Gasteiger charge is -2.24. The quantitative estimate of drug-likeness (QED) is 0.483. The van der Waals surface area contributed by atoms with Crippen molar-refractivity contribution in [3.63, 3.8) is 0 Å². The summed E-state index contributed by atoms with van der Waals surface area (Å²) in [4.78, 5) is 24.3. The second kappa shape index (κ2) is 10.5. The van der Waals surface area contributed by atoms with E-state index in [-0.39, 0.29) is 30.9 Å². The summed E-state index contributed by atoms with van der Waals surface area (Å²) in [5.74, 6) is -0.512. The molecule has 26 heavy (non-hydrogen) atoms. The first-order valence-corrected chi connectivity index (χ1v) is 8.84. The molecule has 1 fully saturated rings. The maximum Gasteiger partial charge on any atom is 0.332 e. The summed E-state index contributed by atoms with van der Waals surface area (Å²) < 4.78 is 10.1. The van der Waals surface area contributed by atoms with E-state index in [0.717, 1.165) is 31.8 Å². The van der Waals surface area contributed by atoms with Gasteiger partial charge in [0.2, 0.25) is 0 Å². The van der Waals surface area contributed by atoms with Gasteiger partial charge in [0.15, 0.2) is 0 Å². The number of esters is 1. The van der Waals surface area contributed by atoms with E-state index in [1.807, 2.05) is 0 Å². The van der Waals surface area contributed by atoms with E-state index in [4.69, 9.17) is 9.84 Å². The van der Waals surface area contributed by atoms with Gasteiger partial charge in [-0.25, -0.2) is 4.79 Å². The molecular formula is C19H26N2O5. The predicted molar refractivity (Wildman–Crippen MR) is 97.8 cm³/mol. The lowest BCUT2D eigenvalue weighted by atomic mass is 9.95. The molecule has 1 aromatic carbocycles. The van der Waals surface area contributed by atoms with Crippen molar-refractivity contribution in [2.45, 2.75) is 38.1 Å². The Morgan fingerprint density at radius 2 is 1.96 bits per heavy atom. The van der Waals surface area contributed by atoms with Crippen molar-refractivity contribution in [2.24, 2.45) is 0 Å². The molecule has 0 aliphatic heterocycles. The highest BCUT2D eigenvalue weighted by molar-refractivity contribution is 6.02. The molecule has 0 spiro atoms. The highest BCUT2D eigenvalue weighted by Gasteiger charge is 2.20. The Balaban J connectivity index is 2.16. The normalized spacial score (nSPS) is 15.2. The third-order valence-electron chi connectivity index (χ3n) is 4.15. The summed E-state index contributed by atoms with van der Waals surface area (Å²) in [6, 6.07) is 7.12. The van der Waals surface area contributed by atoms with Crippen LogP contribution in [0.3, 0.4) is 0 Å². The molecular weight excluding hydrogens is 336 g/mol. The van der Waals surface area contributed by atoms with Crippen LogP contribution in [-0.2, 0) is 14.3 Å². The van der Waals surface area contributed by atoms with E-state index in [1.165, 1.54) is 13.5 Å². The number of rotatable bonds is 8. The highest BCUT2D eigenvalue weighted by atomic mass is 16.5. The van der Waals surface area contributed by atoms with Crippen LogP contribution in [0.1, 0.15) is 32.1 Å². The maximum atomic E-state index is 12.7. The lowest BCUT2D eigenvalue weighted by molar-refractivity contribution is -0.135. The van der Waals surface area contributed by atoms with Crippen LogP contribution < -0.4 is 15.4 Å². The number of ether oxygens (including phenoxy) is 2. The smallest absolute Gasteiger partial charge is 0.332 e. The van der Waals surface area contributed by atoms with Crippen LogP contribution in [0, 0.1) is 0 Å². The predicted octanol–water partition coefficient (Wildman–Crippen LogP) is 1.98. The molecule has 1 saturated carbocycles. The van der Waals surface area contributed by atoms with Gasteiger partial charge in [0.25, 0.3) is 5.91 Å². The van der Waals surface area contributed by atoms with Crippen molar-refractivity contribution >= 4 is 17.6 Å². The Kier molecular flexibility index (Phi) is 7.95. The first-order valence-electron chi connectivity index (χ1n) is 8.84. The Labute approximate surface area is 153 Å². The number of hydrogen-bond acceptors (Lipinski definition) is 6. The Bertz CT molecular complexity index is 639. The van der Waals surface area contributed by atoms with Crippen LogP contribution in [0.15, 0.2) is 36.0 Å². The van der Waals surface area contributed by atoms with E-state index in [2.05, 4.69) is 15.4 Å². The Hall–Kier alpha value is -2.54. The Morgan fingerprint density at radius 3 is 2.65 bits per heavy atom. The monoisotopic (exact) mass is 362 g/mol. The molecule has 0 heterocycles. The molecule has 1 amide bonds. The summed E-state index contributed by atoms with van der Waals surface area (Å²) >= 11 is 0. The maximum absolute atomic E-state index is 12.7. The average Bonchev–Trinajstić information content (AvgIpc) is 2.67. The molecule has 0 radical (unpaired) electrons. The van der Waals surface area contributed by atoms with E-state index in [1.54, 1.807) is 24.3 Å². The van der Waals surface area contributed by atoms with Gasteiger partial charge in [-0.3, -0.25) is 4.79 Å². The van der Waals surface area contributed by atoms with E-state index in [9.17, 15) is 9.59 Å². The number of benzene rings is 1. The molecule has 1 aromatic rings. The molecule has 0 saturated heterocycles. The first kappa shape index (κ1) is 19.8. The summed E-state index contributed by atoms with van der Waals surface area (Å²) in [7, 11) is 1.26. The Morgan fingerprint density at radius 1 is 1.23 bits per heavy atom. The van der Waals surface area contributed by atoms with Gasteiger partial charge in [-0.2, -0.15) is 0 Å². The molecule has 2 rings (SSSR count). The molecule has 0 bridgehead atoms. The summed E-state index contributed by atoms with van der Waals surface area (Å²) in [6.45, 7) is 0.00434. The van der Waals surface area contributed by atoms with Crippen molar-refractivity contribution in [3.8, 4) is 5.75 Å². The van der Waals surface area contributed by atoms with Gasteiger partial charge >= 0.3 is 5.97 Å². The fourth-order valence-electron chi connectivity index (χ4n) is 2.84. The van der Waals surface area contributed by atoms with E-state index < -0.39 is 5.97 Å². The third kappa shape index (κ3) is 6.07. The first-order chi connectivity index (χ1) is 12.6. The zero-order valence-corrected chi connectivity index (χ0v) is 15.0. The molecule has 7 nitrogen and oxygen atoms in total. The minimum atomic E-state index is -0.625. The number of aliphatic hydroxyl groups is 1. The van der Waals surface area contributed by atoms with Crippen molar-refractivity contribution in [1.82, 2.24) is 5.32 Å². The molecule has 0 atom stereocenters. The molecule has 1 aliphatic carbocycles. The van der Waals surface area contributed by atoms with Gasteiger partial charge in [-0.05, 0) is 25.0 Å². The van der Waals surface area contributed by atoms with Gasteiger partial charge < -0.3 is 25.2 Å². The highest BCUT2D eigenvalue weighted by Crippen LogP contribution is 2.25. The van der Waals surface area contributed by atoms with Crippen LogP contribution in [0.2, 0.25) is 0 Å². The van der Waals surface area contributed by atoms with Gasteiger partial charge in [0.05, 0.1) is 25.5 Å². The van der Waals surface area contributed by atoms with E-state index in [0.29, 0.717) is 11.4 Å². The van der Waals surface area contributed by atoms with Crippen molar-refractivity contribution < 1.29 is 24.2 Å². The molecule has 1 aliphatic rings. The van der Waals surface area contributed by atoms with Gasteiger partial charge in [0, 0.05) is 6.04 Å². The largest absolute Gasteiger partial charge is 0.489 e. The fourth-order valence-corrected chi connectivity index (χ4v) is 2.84. The van der Waals surface area contributed by atoms with Crippen LogP contribution in [0.25, 0.3) is 0 Å². The number of aliphatic hydroxyl groups excluding tert-OH is 1. The van der Waals surface area contributed by atoms with Crippen LogP contribution in [-0.4, -0.2) is 43.3 Å². The van der Waals surface area contributed by atoms with E-state index >= 15 is 0 Å². The van der Waals surface area contributed by atoms with Gasteiger partial charge in [0.1, 0.15) is 18.1 Å². The van der Waals surface area contributed by atoms with Crippen molar-refractivity contribution in [1.29, 1.82) is 0 Å². The molecule has 0 aromatic heterocycles. The third-order valence-corrected chi connectivity index (χ3v) is 4.15. The molecule has 3 N–H and O–H groups in total. The summed E-state index contributed by atoms with van der Waals surface area (Å²) in [6.07, 6.45) is 6.37. The van der Waals surface area contributed by atoms with Gasteiger partial charge in [-0.1, -0.05) is 31.4 Å². The van der Waals surface area contributed by atoms with Crippen LogP contribution in [0.5, 0.6) is 5.75 Å². The summed E-state index contributed by atoms with van der Waals surface area (Å²) in [5, 5.41) is 14.9. The van der Waals surface area contributed by atoms with Crippen LogP contribution in [0.4, 0.5) is 5.69 Å².